The Morgan fingerprint density at radius 1 is 0.561 bits per heavy atom. The zero-order valence-corrected chi connectivity index (χ0v) is 26.3. The van der Waals surface area contributed by atoms with Crippen LogP contribution in [0.2, 0.25) is 0 Å². The van der Waals surface area contributed by atoms with Crippen LogP contribution in [0.15, 0.2) is 91.0 Å². The van der Waals surface area contributed by atoms with Crippen LogP contribution in [0, 0.1) is 0 Å². The zero-order chi connectivity index (χ0) is 28.9. The molecule has 1 N–H and O–H groups in total. The van der Waals surface area contributed by atoms with Crippen molar-refractivity contribution in [1.29, 1.82) is 0 Å². The SMILES string of the molecule is CCCCCCCCCCCCCCCCOC[C@H](CO)SC(c1ccccc1)(c1ccccc1)c1ccccc1. The molecule has 0 saturated carbocycles. The topological polar surface area (TPSA) is 29.5 Å². The Labute approximate surface area is 255 Å². The fraction of sp³-hybridized carbons (Fsp3) is 0.526. The Kier molecular flexibility index (Phi) is 16.9. The zero-order valence-electron chi connectivity index (χ0n) is 25.5. The van der Waals surface area contributed by atoms with E-state index in [1.165, 1.54) is 100 Å². The molecule has 0 aliphatic carbocycles. The highest BCUT2D eigenvalue weighted by Gasteiger charge is 2.39. The van der Waals surface area contributed by atoms with Gasteiger partial charge in [0, 0.05) is 6.61 Å². The first-order chi connectivity index (χ1) is 20.3. The van der Waals surface area contributed by atoms with Crippen LogP contribution in [0.1, 0.15) is 114 Å². The van der Waals surface area contributed by atoms with E-state index in [0.29, 0.717) is 6.61 Å². The maximum atomic E-state index is 10.5. The van der Waals surface area contributed by atoms with E-state index in [9.17, 15) is 5.11 Å². The van der Waals surface area contributed by atoms with Crippen LogP contribution in [0.4, 0.5) is 0 Å². The van der Waals surface area contributed by atoms with Crippen molar-refractivity contribution < 1.29 is 9.84 Å². The highest BCUT2D eigenvalue weighted by atomic mass is 32.2. The van der Waals surface area contributed by atoms with Gasteiger partial charge in [-0.05, 0) is 23.1 Å². The summed E-state index contributed by atoms with van der Waals surface area (Å²) in [5.74, 6) is 0. The summed E-state index contributed by atoms with van der Waals surface area (Å²) in [6.45, 7) is 3.69. The monoisotopic (exact) mass is 574 g/mol. The number of ether oxygens (including phenoxy) is 1. The maximum Gasteiger partial charge on any atom is 0.0911 e. The molecule has 2 nitrogen and oxygen atoms in total. The maximum absolute atomic E-state index is 10.5. The highest BCUT2D eigenvalue weighted by Crippen LogP contribution is 2.50. The van der Waals surface area contributed by atoms with Gasteiger partial charge in [0.2, 0.25) is 0 Å². The normalized spacial score (nSPS) is 12.4. The van der Waals surface area contributed by atoms with Gasteiger partial charge < -0.3 is 9.84 Å². The fourth-order valence-electron chi connectivity index (χ4n) is 5.71. The van der Waals surface area contributed by atoms with E-state index in [2.05, 4.69) is 97.9 Å². The first-order valence-electron chi connectivity index (χ1n) is 16.3. The second kappa shape index (κ2) is 20.8. The van der Waals surface area contributed by atoms with Gasteiger partial charge in [-0.2, -0.15) is 0 Å². The van der Waals surface area contributed by atoms with Crippen molar-refractivity contribution in [3.05, 3.63) is 108 Å². The number of unbranched alkanes of at least 4 members (excludes halogenated alkanes) is 13. The Bertz CT molecular complexity index is 912. The molecular weight excluding hydrogens is 520 g/mol. The largest absolute Gasteiger partial charge is 0.395 e. The van der Waals surface area contributed by atoms with Crippen molar-refractivity contribution in [2.45, 2.75) is 107 Å². The van der Waals surface area contributed by atoms with Crippen LogP contribution >= 0.6 is 11.8 Å². The van der Waals surface area contributed by atoms with Crippen molar-refractivity contribution in [3.63, 3.8) is 0 Å². The van der Waals surface area contributed by atoms with Gasteiger partial charge in [0.05, 0.1) is 23.2 Å². The van der Waals surface area contributed by atoms with Crippen LogP contribution in [0.3, 0.4) is 0 Å². The molecule has 0 radical (unpaired) electrons. The molecule has 1 atom stereocenters. The summed E-state index contributed by atoms with van der Waals surface area (Å²) in [6.07, 6.45) is 19.0. The summed E-state index contributed by atoms with van der Waals surface area (Å²) in [7, 11) is 0. The smallest absolute Gasteiger partial charge is 0.0911 e. The van der Waals surface area contributed by atoms with Crippen molar-refractivity contribution in [1.82, 2.24) is 0 Å². The predicted octanol–water partition coefficient (Wildman–Crippen LogP) is 10.6. The average molecular weight is 575 g/mol. The van der Waals surface area contributed by atoms with E-state index in [-0.39, 0.29) is 11.9 Å². The van der Waals surface area contributed by atoms with Crippen LogP contribution in [-0.4, -0.2) is 30.2 Å². The molecule has 3 rings (SSSR count). The Balaban J connectivity index is 1.43. The van der Waals surface area contributed by atoms with Gasteiger partial charge in [-0.25, -0.2) is 0 Å². The van der Waals surface area contributed by atoms with Crippen LogP contribution < -0.4 is 0 Å². The van der Waals surface area contributed by atoms with Gasteiger partial charge in [-0.3, -0.25) is 0 Å². The summed E-state index contributed by atoms with van der Waals surface area (Å²) in [5.41, 5.74) is 3.65. The number of aliphatic hydroxyl groups excluding tert-OH is 1. The van der Waals surface area contributed by atoms with E-state index in [0.717, 1.165) is 13.0 Å². The number of aliphatic hydroxyl groups is 1. The molecule has 0 fully saturated rings. The lowest BCUT2D eigenvalue weighted by Crippen LogP contribution is -2.31. The van der Waals surface area contributed by atoms with E-state index in [4.69, 9.17) is 4.74 Å². The number of thioether (sulfide) groups is 1. The lowest BCUT2D eigenvalue weighted by atomic mass is 9.84. The van der Waals surface area contributed by atoms with E-state index < -0.39 is 4.75 Å². The Hall–Kier alpha value is -2.07. The molecular formula is C38H54O2S. The average Bonchev–Trinajstić information content (AvgIpc) is 3.03. The van der Waals surface area contributed by atoms with E-state index in [1.807, 2.05) is 11.8 Å². The third kappa shape index (κ3) is 11.6. The standard InChI is InChI=1S/C38H54O2S/c1-2-3-4-5-6-7-8-9-10-11-12-13-14-24-31-40-33-37(32-39)41-38(34-25-18-15-19-26-34,35-27-20-16-21-28-35)36-29-22-17-23-30-36/h15-23,25-30,37,39H,2-14,24,31-33H2,1H3/t37-/m0/s1. The lowest BCUT2D eigenvalue weighted by Gasteiger charge is -2.38. The Morgan fingerprint density at radius 2 is 0.927 bits per heavy atom. The van der Waals surface area contributed by atoms with Gasteiger partial charge in [0.15, 0.2) is 0 Å². The number of hydrogen-bond donors (Lipinski definition) is 1. The minimum absolute atomic E-state index is 0.0396. The third-order valence-electron chi connectivity index (χ3n) is 8.03. The molecule has 0 aliphatic rings. The highest BCUT2D eigenvalue weighted by molar-refractivity contribution is 8.01. The fourth-order valence-corrected chi connectivity index (χ4v) is 7.27. The lowest BCUT2D eigenvalue weighted by molar-refractivity contribution is 0.116. The quantitative estimate of drug-likeness (QED) is 0.0902. The molecule has 0 aromatic heterocycles. The molecule has 0 saturated heterocycles. The first kappa shape index (κ1) is 33.4. The Morgan fingerprint density at radius 3 is 1.29 bits per heavy atom. The van der Waals surface area contributed by atoms with E-state index >= 15 is 0 Å². The summed E-state index contributed by atoms with van der Waals surface area (Å²) in [4.78, 5) is 0. The van der Waals surface area contributed by atoms with Crippen molar-refractivity contribution in [2.24, 2.45) is 0 Å². The summed E-state index contributed by atoms with van der Waals surface area (Å²) >= 11 is 1.81. The minimum atomic E-state index is -0.435. The van der Waals surface area contributed by atoms with Crippen LogP contribution in [-0.2, 0) is 9.48 Å². The van der Waals surface area contributed by atoms with Gasteiger partial charge in [-0.15, -0.1) is 11.8 Å². The molecule has 224 valence electrons. The van der Waals surface area contributed by atoms with Crippen LogP contribution in [0.25, 0.3) is 0 Å². The second-order valence-electron chi connectivity index (χ2n) is 11.4. The molecule has 3 heteroatoms. The second-order valence-corrected chi connectivity index (χ2v) is 12.9. The first-order valence-corrected chi connectivity index (χ1v) is 17.2. The molecule has 0 unspecified atom stereocenters. The van der Waals surface area contributed by atoms with Gasteiger partial charge in [-0.1, -0.05) is 181 Å². The van der Waals surface area contributed by atoms with Gasteiger partial charge >= 0.3 is 0 Å². The molecule has 0 aliphatic heterocycles. The molecule has 41 heavy (non-hydrogen) atoms. The van der Waals surface area contributed by atoms with Crippen molar-refractivity contribution >= 4 is 11.8 Å². The molecule has 0 heterocycles. The summed E-state index contributed by atoms with van der Waals surface area (Å²) < 4.78 is 5.73. The summed E-state index contributed by atoms with van der Waals surface area (Å²) in [6, 6.07) is 32.1. The molecule has 3 aromatic carbocycles. The molecule has 3 aromatic rings. The summed E-state index contributed by atoms with van der Waals surface area (Å²) in [5, 5.41) is 10.4. The number of hydrogen-bond acceptors (Lipinski definition) is 3. The van der Waals surface area contributed by atoms with Gasteiger partial charge in [0.1, 0.15) is 0 Å². The number of benzene rings is 3. The third-order valence-corrected chi connectivity index (χ3v) is 9.71. The predicted molar refractivity (Wildman–Crippen MR) is 179 cm³/mol. The molecule has 0 spiro atoms. The molecule has 0 bridgehead atoms. The minimum Gasteiger partial charge on any atom is -0.395 e. The number of rotatable bonds is 23. The molecule has 0 amide bonds. The van der Waals surface area contributed by atoms with Crippen molar-refractivity contribution in [3.8, 4) is 0 Å². The van der Waals surface area contributed by atoms with Crippen LogP contribution in [0.5, 0.6) is 0 Å². The van der Waals surface area contributed by atoms with Crippen molar-refractivity contribution in [2.75, 3.05) is 19.8 Å². The van der Waals surface area contributed by atoms with E-state index in [1.54, 1.807) is 0 Å². The van der Waals surface area contributed by atoms with Gasteiger partial charge in [0.25, 0.3) is 0 Å².